The van der Waals surface area contributed by atoms with E-state index in [4.69, 9.17) is 10.5 Å². The molecule has 0 saturated heterocycles. The number of amidine groups is 1. The molecule has 1 aromatic heterocycles. The van der Waals surface area contributed by atoms with Crippen molar-refractivity contribution in [1.82, 2.24) is 9.97 Å². The molecule has 0 fully saturated rings. The number of nitrogens with two attached hydrogens (primary N) is 1. The van der Waals surface area contributed by atoms with E-state index in [2.05, 4.69) is 50.9 Å². The Kier molecular flexibility index (Phi) is 9.90. The summed E-state index contributed by atoms with van der Waals surface area (Å²) in [6, 6.07) is 16.5. The normalized spacial score (nSPS) is 12.4. The molecule has 190 valence electrons. The predicted octanol–water partition coefficient (Wildman–Crippen LogP) is 6.38. The number of anilines is 1. The molecule has 0 unspecified atom stereocenters. The maximum absolute atomic E-state index is 9.71. The summed E-state index contributed by atoms with van der Waals surface area (Å²) < 4.78 is 10.2. The zero-order chi connectivity index (χ0) is 26.1. The van der Waals surface area contributed by atoms with Crippen LogP contribution in [0.3, 0.4) is 0 Å². The van der Waals surface area contributed by atoms with Gasteiger partial charge in [-0.2, -0.15) is 4.40 Å². The summed E-state index contributed by atoms with van der Waals surface area (Å²) in [7, 11) is 0. The van der Waals surface area contributed by atoms with Gasteiger partial charge in [0.25, 0.3) is 0 Å². The Morgan fingerprint density at radius 2 is 1.86 bits per heavy atom. The number of hydrogen-bond acceptors (Lipinski definition) is 7. The number of aliphatic hydroxyl groups is 1. The lowest BCUT2D eigenvalue weighted by atomic mass is 9.97. The fourth-order valence-electron chi connectivity index (χ4n) is 3.57. The van der Waals surface area contributed by atoms with Crippen LogP contribution in [-0.4, -0.2) is 27.5 Å². The van der Waals surface area contributed by atoms with E-state index >= 15 is 0 Å². The van der Waals surface area contributed by atoms with Gasteiger partial charge in [-0.15, -0.1) is 0 Å². The van der Waals surface area contributed by atoms with E-state index < -0.39 is 0 Å². The van der Waals surface area contributed by atoms with Gasteiger partial charge in [-0.25, -0.2) is 9.97 Å². The van der Waals surface area contributed by atoms with Crippen LogP contribution in [0.4, 0.5) is 5.82 Å². The number of aryl methyl sites for hydroxylation is 2. The summed E-state index contributed by atoms with van der Waals surface area (Å²) in [6.45, 7) is 11.1. The highest BCUT2D eigenvalue weighted by atomic mass is 32.2. The minimum absolute atomic E-state index is 0.163. The van der Waals surface area contributed by atoms with Crippen LogP contribution in [0.25, 0.3) is 11.1 Å². The molecule has 3 rings (SSSR count). The van der Waals surface area contributed by atoms with Gasteiger partial charge in [-0.1, -0.05) is 43.3 Å². The number of rotatable bonds is 11. The second-order valence-electron chi connectivity index (χ2n) is 8.40. The highest BCUT2D eigenvalue weighted by Crippen LogP contribution is 2.35. The monoisotopic (exact) mass is 505 g/mol. The van der Waals surface area contributed by atoms with Gasteiger partial charge in [-0.05, 0) is 62.4 Å². The molecular formula is C28H35N5O2S. The molecule has 0 aliphatic rings. The fourth-order valence-corrected chi connectivity index (χ4v) is 4.32. The van der Waals surface area contributed by atoms with Crippen LogP contribution >= 0.6 is 11.9 Å². The molecule has 1 heterocycles. The van der Waals surface area contributed by atoms with Crippen LogP contribution in [0.15, 0.2) is 69.2 Å². The Labute approximate surface area is 218 Å². The predicted molar refractivity (Wildman–Crippen MR) is 149 cm³/mol. The molecule has 0 spiro atoms. The Hall–Kier alpha value is -3.36. The first-order valence-corrected chi connectivity index (χ1v) is 12.8. The maximum atomic E-state index is 9.71. The summed E-state index contributed by atoms with van der Waals surface area (Å²) in [5, 5.41) is 13.1. The molecule has 2 aromatic carbocycles. The van der Waals surface area contributed by atoms with Crippen molar-refractivity contribution < 1.29 is 9.84 Å². The quantitative estimate of drug-likeness (QED) is 0.120. The van der Waals surface area contributed by atoms with Crippen LogP contribution in [0.2, 0.25) is 0 Å². The lowest BCUT2D eigenvalue weighted by Gasteiger charge is -2.15. The SMILES string of the molecule is CCOCc1cc(CNc2cc(CC)nc(C)n2)ccc1-c1ccccc1S/N=C(N)\C(C)=C(\C)O. The van der Waals surface area contributed by atoms with Crippen LogP contribution in [0.1, 0.15) is 50.3 Å². The number of aliphatic hydroxyl groups excluding tert-OH is 1. The van der Waals surface area contributed by atoms with Crippen molar-refractivity contribution in [3.8, 4) is 11.1 Å². The number of aromatic nitrogens is 2. The zero-order valence-corrected chi connectivity index (χ0v) is 22.4. The van der Waals surface area contributed by atoms with Crippen molar-refractivity contribution >= 4 is 23.6 Å². The minimum Gasteiger partial charge on any atom is -0.512 e. The van der Waals surface area contributed by atoms with Gasteiger partial charge in [0.15, 0.2) is 0 Å². The summed E-state index contributed by atoms with van der Waals surface area (Å²) in [4.78, 5) is 9.93. The number of allylic oxidation sites excluding steroid dienone is 1. The third kappa shape index (κ3) is 7.32. The fraction of sp³-hybridized carbons (Fsp3) is 0.321. The summed E-state index contributed by atoms with van der Waals surface area (Å²) in [5.74, 6) is 2.06. The summed E-state index contributed by atoms with van der Waals surface area (Å²) in [6.07, 6.45) is 0.869. The van der Waals surface area contributed by atoms with Gasteiger partial charge in [-0.3, -0.25) is 0 Å². The van der Waals surface area contributed by atoms with E-state index in [0.29, 0.717) is 31.2 Å². The Morgan fingerprint density at radius 1 is 1.08 bits per heavy atom. The second-order valence-corrected chi connectivity index (χ2v) is 9.21. The number of nitrogens with one attached hydrogen (secondary N) is 1. The number of ether oxygens (including phenoxy) is 1. The molecule has 8 heteroatoms. The molecule has 4 N–H and O–H groups in total. The third-order valence-corrected chi connectivity index (χ3v) is 6.55. The molecule has 0 bridgehead atoms. The van der Waals surface area contributed by atoms with Crippen molar-refractivity contribution in [2.75, 3.05) is 11.9 Å². The molecule has 0 atom stereocenters. The van der Waals surface area contributed by atoms with E-state index in [-0.39, 0.29) is 5.76 Å². The van der Waals surface area contributed by atoms with Crippen molar-refractivity contribution in [2.45, 2.75) is 59.1 Å². The number of nitrogens with zero attached hydrogens (tertiary/aromatic N) is 3. The lowest BCUT2D eigenvalue weighted by Crippen LogP contribution is -2.13. The average Bonchev–Trinajstić information content (AvgIpc) is 2.88. The van der Waals surface area contributed by atoms with Crippen molar-refractivity contribution in [2.24, 2.45) is 10.1 Å². The van der Waals surface area contributed by atoms with E-state index in [9.17, 15) is 5.11 Å². The first-order valence-electron chi connectivity index (χ1n) is 12.1. The largest absolute Gasteiger partial charge is 0.512 e. The molecule has 0 saturated carbocycles. The molecule has 0 aliphatic carbocycles. The molecular weight excluding hydrogens is 470 g/mol. The summed E-state index contributed by atoms with van der Waals surface area (Å²) >= 11 is 1.30. The zero-order valence-electron chi connectivity index (χ0n) is 21.6. The Bertz CT molecular complexity index is 1250. The van der Waals surface area contributed by atoms with Gasteiger partial charge in [0.1, 0.15) is 17.5 Å². The van der Waals surface area contributed by atoms with Gasteiger partial charge in [0, 0.05) is 47.3 Å². The van der Waals surface area contributed by atoms with Crippen LogP contribution in [-0.2, 0) is 24.3 Å². The topological polar surface area (TPSA) is 106 Å². The lowest BCUT2D eigenvalue weighted by molar-refractivity contribution is 0.134. The highest BCUT2D eigenvalue weighted by Gasteiger charge is 2.12. The standard InChI is InChI=1S/C28H35N5O2S/c1-6-23-15-27(32-20(5)31-23)30-16-21-12-13-24(22(14-21)17-35-7-2)25-10-8-9-11-26(25)36-33-28(29)18(3)19(4)34/h8-15,34H,6-7,16-17H2,1-5H3,(H2,29,33)(H,30,31,32)/b19-18-. The molecule has 3 aromatic rings. The highest BCUT2D eigenvalue weighted by molar-refractivity contribution is 7.98. The number of benzene rings is 2. The molecule has 0 amide bonds. The van der Waals surface area contributed by atoms with E-state index in [1.807, 2.05) is 38.1 Å². The third-order valence-electron chi connectivity index (χ3n) is 5.70. The van der Waals surface area contributed by atoms with Crippen LogP contribution in [0.5, 0.6) is 0 Å². The van der Waals surface area contributed by atoms with E-state index in [1.54, 1.807) is 13.8 Å². The maximum Gasteiger partial charge on any atom is 0.138 e. The van der Waals surface area contributed by atoms with Crippen molar-refractivity contribution in [1.29, 1.82) is 0 Å². The van der Waals surface area contributed by atoms with Crippen LogP contribution < -0.4 is 11.1 Å². The van der Waals surface area contributed by atoms with Crippen LogP contribution in [0, 0.1) is 6.92 Å². The van der Waals surface area contributed by atoms with Gasteiger partial charge in [0.2, 0.25) is 0 Å². The Balaban J connectivity index is 1.89. The Morgan fingerprint density at radius 3 is 2.58 bits per heavy atom. The van der Waals surface area contributed by atoms with E-state index in [0.717, 1.165) is 50.9 Å². The average molecular weight is 506 g/mol. The summed E-state index contributed by atoms with van der Waals surface area (Å²) in [5.41, 5.74) is 12.0. The smallest absolute Gasteiger partial charge is 0.138 e. The first kappa shape index (κ1) is 27.2. The molecule has 7 nitrogen and oxygen atoms in total. The van der Waals surface area contributed by atoms with E-state index in [1.165, 1.54) is 11.9 Å². The van der Waals surface area contributed by atoms with Gasteiger partial charge >= 0.3 is 0 Å². The minimum atomic E-state index is 0.163. The molecule has 0 aliphatic heterocycles. The molecule has 0 radical (unpaired) electrons. The van der Waals surface area contributed by atoms with Gasteiger partial charge < -0.3 is 20.9 Å². The van der Waals surface area contributed by atoms with Crippen molar-refractivity contribution in [3.05, 3.63) is 82.5 Å². The molecule has 36 heavy (non-hydrogen) atoms. The number of hydrogen-bond donors (Lipinski definition) is 3. The second kappa shape index (κ2) is 13.1. The first-order chi connectivity index (χ1) is 17.3. The van der Waals surface area contributed by atoms with Crippen molar-refractivity contribution in [3.63, 3.8) is 0 Å². The van der Waals surface area contributed by atoms with Gasteiger partial charge in [0.05, 0.1) is 12.4 Å².